The summed E-state index contributed by atoms with van der Waals surface area (Å²) in [5.74, 6) is 0. The van der Waals surface area contributed by atoms with Crippen molar-refractivity contribution in [1.29, 1.82) is 0 Å². The van der Waals surface area contributed by atoms with E-state index < -0.39 is 0 Å². The van der Waals surface area contributed by atoms with Crippen LogP contribution >= 0.6 is 0 Å². The van der Waals surface area contributed by atoms with Gasteiger partial charge in [0.1, 0.15) is 0 Å². The lowest BCUT2D eigenvalue weighted by molar-refractivity contribution is 0.00248. The molecule has 17 heavy (non-hydrogen) atoms. The van der Waals surface area contributed by atoms with Crippen LogP contribution in [-0.4, -0.2) is 67.8 Å². The molecule has 0 amide bonds. The second-order valence-corrected chi connectivity index (χ2v) is 5.82. The topological polar surface area (TPSA) is 41.7 Å². The molecule has 0 aliphatic carbocycles. The molecule has 4 nitrogen and oxygen atoms in total. The highest BCUT2D eigenvalue weighted by Crippen LogP contribution is 2.36. The second-order valence-electron chi connectivity index (χ2n) is 5.82. The van der Waals surface area contributed by atoms with Gasteiger partial charge in [-0.05, 0) is 46.8 Å². The van der Waals surface area contributed by atoms with Crippen LogP contribution in [0.5, 0.6) is 0 Å². The molecule has 3 unspecified atom stereocenters. The van der Waals surface area contributed by atoms with Crippen molar-refractivity contribution in [2.45, 2.75) is 43.9 Å². The van der Waals surface area contributed by atoms with Crippen LogP contribution in [-0.2, 0) is 4.74 Å². The van der Waals surface area contributed by atoms with Gasteiger partial charge in [-0.3, -0.25) is 4.90 Å². The van der Waals surface area contributed by atoms with Gasteiger partial charge in [-0.1, -0.05) is 0 Å². The third-order valence-electron chi connectivity index (χ3n) is 4.54. The number of rotatable bonds is 4. The van der Waals surface area contributed by atoms with Gasteiger partial charge in [0.05, 0.1) is 11.6 Å². The third-order valence-corrected chi connectivity index (χ3v) is 4.54. The Labute approximate surface area is 105 Å². The van der Waals surface area contributed by atoms with Crippen LogP contribution in [0.2, 0.25) is 0 Å². The largest absolute Gasteiger partial charge is 0.376 e. The highest BCUT2D eigenvalue weighted by molar-refractivity contribution is 5.04. The zero-order valence-corrected chi connectivity index (χ0v) is 11.5. The number of likely N-dealkylation sites (tertiary alicyclic amines) is 1. The van der Waals surface area contributed by atoms with Crippen molar-refractivity contribution in [1.82, 2.24) is 9.80 Å². The lowest BCUT2D eigenvalue weighted by atomic mass is 9.89. The molecular weight excluding hydrogens is 214 g/mol. The summed E-state index contributed by atoms with van der Waals surface area (Å²) in [6.07, 6.45) is 3.96. The Morgan fingerprint density at radius 2 is 2.24 bits per heavy atom. The average Bonchev–Trinajstić information content (AvgIpc) is 2.85. The van der Waals surface area contributed by atoms with Gasteiger partial charge >= 0.3 is 0 Å². The van der Waals surface area contributed by atoms with Crippen molar-refractivity contribution in [2.24, 2.45) is 5.73 Å². The summed E-state index contributed by atoms with van der Waals surface area (Å²) in [5.41, 5.74) is 6.19. The van der Waals surface area contributed by atoms with Crippen molar-refractivity contribution in [3.63, 3.8) is 0 Å². The minimum absolute atomic E-state index is 0.0944. The Kier molecular flexibility index (Phi) is 4.08. The molecule has 0 saturated carbocycles. The van der Waals surface area contributed by atoms with E-state index in [0.717, 1.165) is 26.1 Å². The fourth-order valence-electron chi connectivity index (χ4n) is 3.57. The molecule has 0 spiro atoms. The molecule has 0 radical (unpaired) electrons. The average molecular weight is 241 g/mol. The summed E-state index contributed by atoms with van der Waals surface area (Å²) >= 11 is 0. The summed E-state index contributed by atoms with van der Waals surface area (Å²) in [5, 5.41) is 0. The van der Waals surface area contributed by atoms with E-state index in [1.807, 2.05) is 0 Å². The molecule has 2 fully saturated rings. The van der Waals surface area contributed by atoms with E-state index in [2.05, 4.69) is 30.8 Å². The predicted octanol–water partition coefficient (Wildman–Crippen LogP) is 0.519. The van der Waals surface area contributed by atoms with E-state index in [1.54, 1.807) is 0 Å². The SMILES string of the molecule is CC1OCCC1(CN)N1CCCC1CN(C)C. The number of hydrogen-bond donors (Lipinski definition) is 1. The summed E-state index contributed by atoms with van der Waals surface area (Å²) in [6.45, 7) is 6.09. The van der Waals surface area contributed by atoms with Gasteiger partial charge in [0.25, 0.3) is 0 Å². The normalized spacial score (nSPS) is 39.4. The first-order valence-electron chi connectivity index (χ1n) is 6.83. The standard InChI is InChI=1S/C13H27N3O/c1-11-13(10-14,6-8-17-11)16-7-4-5-12(16)9-15(2)3/h11-12H,4-10,14H2,1-3H3. The molecule has 2 rings (SSSR count). The van der Waals surface area contributed by atoms with Crippen LogP contribution in [0.25, 0.3) is 0 Å². The van der Waals surface area contributed by atoms with Crippen molar-refractivity contribution in [2.75, 3.05) is 40.3 Å². The molecule has 4 heteroatoms. The smallest absolute Gasteiger partial charge is 0.0743 e. The van der Waals surface area contributed by atoms with E-state index in [-0.39, 0.29) is 11.6 Å². The minimum atomic E-state index is 0.0944. The summed E-state index contributed by atoms with van der Waals surface area (Å²) in [4.78, 5) is 4.93. The Morgan fingerprint density at radius 3 is 2.76 bits per heavy atom. The molecule has 0 aromatic heterocycles. The van der Waals surface area contributed by atoms with Crippen molar-refractivity contribution < 1.29 is 4.74 Å². The highest BCUT2D eigenvalue weighted by Gasteiger charge is 2.48. The fourth-order valence-corrected chi connectivity index (χ4v) is 3.57. The van der Waals surface area contributed by atoms with Gasteiger partial charge in [0.15, 0.2) is 0 Å². The van der Waals surface area contributed by atoms with E-state index in [4.69, 9.17) is 10.5 Å². The maximum absolute atomic E-state index is 6.10. The first kappa shape index (κ1) is 13.3. The fraction of sp³-hybridized carbons (Fsp3) is 1.00. The lowest BCUT2D eigenvalue weighted by Crippen LogP contribution is -2.60. The maximum atomic E-state index is 6.10. The Morgan fingerprint density at radius 1 is 1.47 bits per heavy atom. The zero-order valence-electron chi connectivity index (χ0n) is 11.5. The van der Waals surface area contributed by atoms with Crippen LogP contribution in [0.1, 0.15) is 26.2 Å². The van der Waals surface area contributed by atoms with E-state index >= 15 is 0 Å². The number of nitrogens with zero attached hydrogens (tertiary/aromatic N) is 2. The maximum Gasteiger partial charge on any atom is 0.0743 e. The van der Waals surface area contributed by atoms with Crippen LogP contribution in [0, 0.1) is 0 Å². The van der Waals surface area contributed by atoms with Gasteiger partial charge in [-0.2, -0.15) is 0 Å². The van der Waals surface area contributed by atoms with Crippen molar-refractivity contribution in [3.05, 3.63) is 0 Å². The molecule has 0 aromatic rings. The molecule has 2 saturated heterocycles. The summed E-state index contributed by atoms with van der Waals surface area (Å²) in [7, 11) is 4.31. The Bertz CT molecular complexity index is 259. The number of likely N-dealkylation sites (N-methyl/N-ethyl adjacent to an activating group) is 1. The molecule has 3 atom stereocenters. The van der Waals surface area contributed by atoms with Gasteiger partial charge in [-0.25, -0.2) is 0 Å². The molecule has 0 bridgehead atoms. The first-order chi connectivity index (χ1) is 8.10. The van der Waals surface area contributed by atoms with Crippen LogP contribution in [0.3, 0.4) is 0 Å². The molecule has 100 valence electrons. The third kappa shape index (κ3) is 2.36. The van der Waals surface area contributed by atoms with Gasteiger partial charge in [0.2, 0.25) is 0 Å². The number of ether oxygens (including phenoxy) is 1. The molecule has 2 N–H and O–H groups in total. The van der Waals surface area contributed by atoms with E-state index in [9.17, 15) is 0 Å². The van der Waals surface area contributed by atoms with Crippen LogP contribution in [0.15, 0.2) is 0 Å². The molecule has 2 heterocycles. The predicted molar refractivity (Wildman–Crippen MR) is 70.1 cm³/mol. The van der Waals surface area contributed by atoms with Gasteiger partial charge in [-0.15, -0.1) is 0 Å². The molecule has 0 aromatic carbocycles. The monoisotopic (exact) mass is 241 g/mol. The van der Waals surface area contributed by atoms with Crippen LogP contribution < -0.4 is 5.73 Å². The highest BCUT2D eigenvalue weighted by atomic mass is 16.5. The second kappa shape index (κ2) is 5.22. The summed E-state index contributed by atoms with van der Waals surface area (Å²) < 4.78 is 5.79. The van der Waals surface area contributed by atoms with Crippen molar-refractivity contribution >= 4 is 0 Å². The van der Waals surface area contributed by atoms with Gasteiger partial charge < -0.3 is 15.4 Å². The Balaban J connectivity index is 2.13. The summed E-state index contributed by atoms with van der Waals surface area (Å²) in [6, 6.07) is 0.651. The molecular formula is C13H27N3O. The lowest BCUT2D eigenvalue weighted by Gasteiger charge is -2.44. The van der Waals surface area contributed by atoms with Gasteiger partial charge in [0, 0.05) is 25.7 Å². The molecule has 2 aliphatic rings. The minimum Gasteiger partial charge on any atom is -0.376 e. The number of nitrogens with two attached hydrogens (primary N) is 1. The zero-order chi connectivity index (χ0) is 12.5. The quantitative estimate of drug-likeness (QED) is 0.779. The molecule has 2 aliphatic heterocycles. The van der Waals surface area contributed by atoms with E-state index in [0.29, 0.717) is 6.04 Å². The Hall–Kier alpha value is -0.160. The van der Waals surface area contributed by atoms with Crippen LogP contribution in [0.4, 0.5) is 0 Å². The first-order valence-corrected chi connectivity index (χ1v) is 6.83. The van der Waals surface area contributed by atoms with E-state index in [1.165, 1.54) is 19.4 Å². The van der Waals surface area contributed by atoms with Crippen molar-refractivity contribution in [3.8, 4) is 0 Å². The number of hydrogen-bond acceptors (Lipinski definition) is 4.